The van der Waals surface area contributed by atoms with Crippen LogP contribution in [0.15, 0.2) is 18.5 Å². The van der Waals surface area contributed by atoms with Gasteiger partial charge in [-0.05, 0) is 24.8 Å². The summed E-state index contributed by atoms with van der Waals surface area (Å²) in [4.78, 5) is 12.9. The van der Waals surface area contributed by atoms with E-state index in [4.69, 9.17) is 16.3 Å². The molecule has 0 saturated carbocycles. The molecular weight excluding hydrogens is 345 g/mol. The Morgan fingerprint density at radius 1 is 1.28 bits per heavy atom. The molecule has 0 radical (unpaired) electrons. The largest absolute Gasteiger partial charge is 0.381 e. The van der Waals surface area contributed by atoms with Crippen LogP contribution in [-0.4, -0.2) is 41.3 Å². The monoisotopic (exact) mass is 363 g/mol. The van der Waals surface area contributed by atoms with E-state index in [0.29, 0.717) is 29.9 Å². The van der Waals surface area contributed by atoms with Crippen LogP contribution in [0, 0.1) is 11.7 Å². The zero-order chi connectivity index (χ0) is 17.2. The van der Waals surface area contributed by atoms with Crippen LogP contribution in [0.1, 0.15) is 30.1 Å². The van der Waals surface area contributed by atoms with E-state index in [1.165, 1.54) is 6.20 Å². The van der Waals surface area contributed by atoms with Gasteiger partial charge in [-0.2, -0.15) is 0 Å². The number of halogens is 2. The van der Waals surface area contributed by atoms with Gasteiger partial charge in [0.1, 0.15) is 11.6 Å². The van der Waals surface area contributed by atoms with Gasteiger partial charge >= 0.3 is 0 Å². The first-order chi connectivity index (χ1) is 12.2. The second-order valence-electron chi connectivity index (χ2n) is 6.39. The van der Waals surface area contributed by atoms with Gasteiger partial charge in [-0.25, -0.2) is 19.3 Å². The van der Waals surface area contributed by atoms with Gasteiger partial charge in [0.05, 0.1) is 17.1 Å². The third-order valence-corrected chi connectivity index (χ3v) is 4.91. The minimum atomic E-state index is -0.439. The van der Waals surface area contributed by atoms with E-state index in [2.05, 4.69) is 25.6 Å². The third kappa shape index (κ3) is 3.52. The first kappa shape index (κ1) is 16.5. The predicted octanol–water partition coefficient (Wildman–Crippen LogP) is 3.06. The lowest BCUT2D eigenvalue weighted by atomic mass is 10.0. The molecule has 25 heavy (non-hydrogen) atoms. The maximum Gasteiger partial charge on any atom is 0.183 e. The number of hydrogen-bond donors (Lipinski definition) is 2. The van der Waals surface area contributed by atoms with E-state index in [9.17, 15) is 4.39 Å². The molecule has 4 heterocycles. The van der Waals surface area contributed by atoms with Gasteiger partial charge in [0.15, 0.2) is 11.6 Å². The molecular formula is C17H19ClFN5O. The lowest BCUT2D eigenvalue weighted by molar-refractivity contribution is 0.0699. The molecule has 2 aliphatic heterocycles. The Hall–Kier alpha value is -1.99. The Kier molecular flexibility index (Phi) is 4.67. The number of nitrogens with one attached hydrogen (secondary N) is 2. The molecule has 1 saturated heterocycles. The minimum absolute atomic E-state index is 0.0922. The van der Waals surface area contributed by atoms with Gasteiger partial charge < -0.3 is 15.4 Å². The summed E-state index contributed by atoms with van der Waals surface area (Å²) in [6.07, 6.45) is 4.79. The molecule has 1 unspecified atom stereocenters. The molecule has 6 nitrogen and oxygen atoms in total. The van der Waals surface area contributed by atoms with Crippen LogP contribution >= 0.6 is 11.6 Å². The molecule has 2 aliphatic rings. The average Bonchev–Trinajstić information content (AvgIpc) is 3.05. The van der Waals surface area contributed by atoms with E-state index >= 15 is 0 Å². The molecule has 2 aromatic heterocycles. The molecule has 2 aromatic rings. The molecule has 0 aromatic carbocycles. The Bertz CT molecular complexity index is 769. The van der Waals surface area contributed by atoms with Gasteiger partial charge in [-0.1, -0.05) is 11.6 Å². The highest BCUT2D eigenvalue weighted by molar-refractivity contribution is 6.30. The zero-order valence-corrected chi connectivity index (χ0v) is 14.4. The minimum Gasteiger partial charge on any atom is -0.381 e. The molecule has 1 fully saturated rings. The number of nitrogens with zero attached hydrogens (tertiary/aromatic N) is 3. The van der Waals surface area contributed by atoms with Crippen molar-refractivity contribution in [2.45, 2.75) is 18.8 Å². The summed E-state index contributed by atoms with van der Waals surface area (Å²) in [5.74, 6) is 1.53. The number of anilines is 2. The van der Waals surface area contributed by atoms with Crippen molar-refractivity contribution in [1.29, 1.82) is 0 Å². The van der Waals surface area contributed by atoms with E-state index in [0.717, 1.165) is 37.4 Å². The third-order valence-electron chi connectivity index (χ3n) is 4.71. The van der Waals surface area contributed by atoms with Crippen LogP contribution in [0.25, 0.3) is 0 Å². The Morgan fingerprint density at radius 2 is 2.12 bits per heavy atom. The summed E-state index contributed by atoms with van der Waals surface area (Å²) in [6.45, 7) is 2.83. The van der Waals surface area contributed by atoms with E-state index in [1.807, 2.05) is 6.07 Å². The van der Waals surface area contributed by atoms with Gasteiger partial charge in [-0.15, -0.1) is 0 Å². The number of hydrogen-bond acceptors (Lipinski definition) is 6. The molecule has 2 N–H and O–H groups in total. The maximum absolute atomic E-state index is 14.1. The number of rotatable bonds is 4. The molecule has 0 amide bonds. The Morgan fingerprint density at radius 3 is 2.96 bits per heavy atom. The Balaban J connectivity index is 1.53. The van der Waals surface area contributed by atoms with Gasteiger partial charge in [0, 0.05) is 38.1 Å². The lowest BCUT2D eigenvalue weighted by Gasteiger charge is -2.22. The van der Waals surface area contributed by atoms with Crippen LogP contribution in [-0.2, 0) is 4.74 Å². The van der Waals surface area contributed by atoms with Crippen molar-refractivity contribution in [1.82, 2.24) is 15.0 Å². The van der Waals surface area contributed by atoms with Crippen LogP contribution in [0.2, 0.25) is 5.02 Å². The summed E-state index contributed by atoms with van der Waals surface area (Å²) < 4.78 is 19.5. The fraction of sp³-hybridized carbons (Fsp3) is 0.471. The summed E-state index contributed by atoms with van der Waals surface area (Å²) >= 11 is 6.05. The molecule has 4 rings (SSSR count). The van der Waals surface area contributed by atoms with E-state index < -0.39 is 5.82 Å². The highest BCUT2D eigenvalue weighted by Crippen LogP contribution is 2.35. The second kappa shape index (κ2) is 7.09. The number of pyridine rings is 1. The van der Waals surface area contributed by atoms with Gasteiger partial charge in [0.2, 0.25) is 0 Å². The van der Waals surface area contributed by atoms with Crippen molar-refractivity contribution in [3.8, 4) is 0 Å². The topological polar surface area (TPSA) is 72.0 Å². The fourth-order valence-electron chi connectivity index (χ4n) is 3.27. The molecule has 132 valence electrons. The summed E-state index contributed by atoms with van der Waals surface area (Å²) in [7, 11) is 0. The van der Waals surface area contributed by atoms with Crippen LogP contribution in [0.3, 0.4) is 0 Å². The van der Waals surface area contributed by atoms with Crippen LogP contribution in [0.5, 0.6) is 0 Å². The lowest BCUT2D eigenvalue weighted by Crippen LogP contribution is -2.23. The standard InChI is InChI=1S/C17H19ClFN5O/c18-11-5-12-13(8-22-15(12)21-7-11)16-23-9-14(19)17(24-16)20-6-10-1-3-25-4-2-10/h5,7,9-10,13H,1-4,6,8H2,(H,21,22)(H,20,23,24). The quantitative estimate of drug-likeness (QED) is 0.869. The maximum atomic E-state index is 14.1. The summed E-state index contributed by atoms with van der Waals surface area (Å²) in [6, 6.07) is 1.86. The highest BCUT2D eigenvalue weighted by atomic mass is 35.5. The van der Waals surface area contributed by atoms with Crippen molar-refractivity contribution < 1.29 is 9.13 Å². The smallest absolute Gasteiger partial charge is 0.183 e. The van der Waals surface area contributed by atoms with Crippen molar-refractivity contribution in [2.75, 3.05) is 36.9 Å². The van der Waals surface area contributed by atoms with Crippen molar-refractivity contribution in [3.05, 3.63) is 40.7 Å². The summed E-state index contributed by atoms with van der Waals surface area (Å²) in [5.41, 5.74) is 0.939. The molecule has 1 atom stereocenters. The second-order valence-corrected chi connectivity index (χ2v) is 6.82. The fourth-order valence-corrected chi connectivity index (χ4v) is 3.44. The van der Waals surface area contributed by atoms with E-state index in [1.54, 1.807) is 6.20 Å². The predicted molar refractivity (Wildman–Crippen MR) is 93.6 cm³/mol. The molecule has 0 aliphatic carbocycles. The highest BCUT2D eigenvalue weighted by Gasteiger charge is 2.28. The average molecular weight is 364 g/mol. The molecule has 8 heteroatoms. The first-order valence-corrected chi connectivity index (χ1v) is 8.82. The number of aromatic nitrogens is 3. The van der Waals surface area contributed by atoms with Crippen molar-refractivity contribution >= 4 is 23.2 Å². The van der Waals surface area contributed by atoms with Crippen LogP contribution in [0.4, 0.5) is 16.0 Å². The van der Waals surface area contributed by atoms with Crippen molar-refractivity contribution in [3.63, 3.8) is 0 Å². The molecule has 0 spiro atoms. The van der Waals surface area contributed by atoms with Gasteiger partial charge in [-0.3, -0.25) is 0 Å². The zero-order valence-electron chi connectivity index (χ0n) is 13.6. The summed E-state index contributed by atoms with van der Waals surface area (Å²) in [5, 5.41) is 6.92. The Labute approximate surface area is 150 Å². The van der Waals surface area contributed by atoms with Crippen molar-refractivity contribution in [2.24, 2.45) is 5.92 Å². The van der Waals surface area contributed by atoms with Crippen LogP contribution < -0.4 is 10.6 Å². The number of ether oxygens (including phenoxy) is 1. The number of fused-ring (bicyclic) bond motifs is 1. The molecule has 0 bridgehead atoms. The van der Waals surface area contributed by atoms with Gasteiger partial charge in [0.25, 0.3) is 0 Å². The normalized spacial score (nSPS) is 20.2. The SMILES string of the molecule is Fc1cnc(C2CNc3ncc(Cl)cc32)nc1NCC1CCOCC1. The van der Waals surface area contributed by atoms with E-state index in [-0.39, 0.29) is 11.7 Å². The first-order valence-electron chi connectivity index (χ1n) is 8.44.